The van der Waals surface area contributed by atoms with Crippen molar-refractivity contribution >= 4 is 5.78 Å². The van der Waals surface area contributed by atoms with Crippen LogP contribution in [0.15, 0.2) is 12.2 Å². The zero-order valence-electron chi connectivity index (χ0n) is 8.31. The van der Waals surface area contributed by atoms with Gasteiger partial charge in [-0.1, -0.05) is 38.7 Å². The van der Waals surface area contributed by atoms with Crippen molar-refractivity contribution in [3.05, 3.63) is 12.2 Å². The van der Waals surface area contributed by atoms with Gasteiger partial charge in [0.05, 0.1) is 0 Å². The topological polar surface area (TPSA) is 17.1 Å². The highest BCUT2D eigenvalue weighted by atomic mass is 16.1. The van der Waals surface area contributed by atoms with Crippen LogP contribution in [0, 0.1) is 0 Å². The van der Waals surface area contributed by atoms with Crippen molar-refractivity contribution in [2.45, 2.75) is 52.4 Å². The molecule has 0 aromatic carbocycles. The van der Waals surface area contributed by atoms with Crippen molar-refractivity contribution in [3.8, 4) is 0 Å². The molecule has 0 aromatic heterocycles. The van der Waals surface area contributed by atoms with E-state index in [1.165, 1.54) is 25.7 Å². The van der Waals surface area contributed by atoms with E-state index in [1.54, 1.807) is 6.08 Å². The smallest absolute Gasteiger partial charge is 0.155 e. The van der Waals surface area contributed by atoms with Crippen molar-refractivity contribution in [3.63, 3.8) is 0 Å². The Balaban J connectivity index is 3.14. The maximum absolute atomic E-state index is 11.0. The normalized spacial score (nSPS) is 10.8. The number of carbonyl (C=O) groups is 1. The largest absolute Gasteiger partial charge is 0.295 e. The van der Waals surface area contributed by atoms with Crippen LogP contribution in [0.2, 0.25) is 0 Å². The van der Waals surface area contributed by atoms with Gasteiger partial charge in [-0.3, -0.25) is 4.79 Å². The Kier molecular flexibility index (Phi) is 8.09. The number of ketones is 1. The lowest BCUT2D eigenvalue weighted by Gasteiger charge is -1.96. The molecule has 0 aliphatic carbocycles. The van der Waals surface area contributed by atoms with E-state index in [1.807, 2.05) is 13.0 Å². The third-order valence-corrected chi connectivity index (χ3v) is 1.88. The quantitative estimate of drug-likeness (QED) is 0.420. The monoisotopic (exact) mass is 168 g/mol. The predicted octanol–water partition coefficient (Wildman–Crippen LogP) is 3.49. The average Bonchev–Trinajstić information content (AvgIpc) is 2.05. The number of rotatable bonds is 7. The summed E-state index contributed by atoms with van der Waals surface area (Å²) in [4.78, 5) is 11.0. The summed E-state index contributed by atoms with van der Waals surface area (Å²) >= 11 is 0. The first-order valence-electron chi connectivity index (χ1n) is 4.96. The fourth-order valence-corrected chi connectivity index (χ4v) is 1.17. The summed E-state index contributed by atoms with van der Waals surface area (Å²) in [5, 5.41) is 0. The van der Waals surface area contributed by atoms with Gasteiger partial charge in [0, 0.05) is 6.42 Å². The highest BCUT2D eigenvalue weighted by Gasteiger charge is 1.95. The third-order valence-electron chi connectivity index (χ3n) is 1.88. The molecule has 0 radical (unpaired) electrons. The van der Waals surface area contributed by atoms with Gasteiger partial charge >= 0.3 is 0 Å². The number of allylic oxidation sites excluding steroid dienone is 2. The lowest BCUT2D eigenvalue weighted by Crippen LogP contribution is -1.91. The Morgan fingerprint density at radius 1 is 1.17 bits per heavy atom. The van der Waals surface area contributed by atoms with Crippen LogP contribution in [0.25, 0.3) is 0 Å². The first kappa shape index (κ1) is 11.4. The summed E-state index contributed by atoms with van der Waals surface area (Å²) in [6, 6.07) is 0. The van der Waals surface area contributed by atoms with Crippen LogP contribution in [0.4, 0.5) is 0 Å². The highest BCUT2D eigenvalue weighted by Crippen LogP contribution is 2.05. The molecule has 0 bridgehead atoms. The summed E-state index contributed by atoms with van der Waals surface area (Å²) in [6.45, 7) is 4.08. The zero-order valence-corrected chi connectivity index (χ0v) is 8.31. The van der Waals surface area contributed by atoms with E-state index < -0.39 is 0 Å². The number of hydrogen-bond acceptors (Lipinski definition) is 1. The van der Waals surface area contributed by atoms with Gasteiger partial charge in [-0.25, -0.2) is 0 Å². The van der Waals surface area contributed by atoms with Crippen LogP contribution in [0.1, 0.15) is 52.4 Å². The maximum Gasteiger partial charge on any atom is 0.155 e. The second-order valence-electron chi connectivity index (χ2n) is 3.13. The predicted molar refractivity (Wildman–Crippen MR) is 53.2 cm³/mol. The Hall–Kier alpha value is -0.590. The summed E-state index contributed by atoms with van der Waals surface area (Å²) < 4.78 is 0. The molecule has 0 saturated carbocycles. The Morgan fingerprint density at radius 2 is 1.83 bits per heavy atom. The second kappa shape index (κ2) is 8.51. The summed E-state index contributed by atoms with van der Waals surface area (Å²) in [7, 11) is 0. The van der Waals surface area contributed by atoms with E-state index in [0.29, 0.717) is 0 Å². The van der Waals surface area contributed by atoms with Crippen molar-refractivity contribution < 1.29 is 4.79 Å². The molecule has 0 aliphatic heterocycles. The maximum atomic E-state index is 11.0. The van der Waals surface area contributed by atoms with E-state index >= 15 is 0 Å². The van der Waals surface area contributed by atoms with Crippen LogP contribution in [-0.4, -0.2) is 5.78 Å². The molecule has 0 unspecified atom stereocenters. The van der Waals surface area contributed by atoms with Crippen molar-refractivity contribution in [2.75, 3.05) is 0 Å². The molecule has 0 fully saturated rings. The van der Waals surface area contributed by atoms with Crippen LogP contribution < -0.4 is 0 Å². The van der Waals surface area contributed by atoms with Gasteiger partial charge in [-0.15, -0.1) is 0 Å². The molecular weight excluding hydrogens is 148 g/mol. The van der Waals surface area contributed by atoms with Crippen LogP contribution in [0.3, 0.4) is 0 Å². The molecule has 0 saturated heterocycles. The standard InChI is InChI=1S/C11H20O/c1-3-5-6-7-8-10-11(12)9-4-2/h4,9H,3,5-8,10H2,1-2H3/b9-4-. The average molecular weight is 168 g/mol. The van der Waals surface area contributed by atoms with Gasteiger partial charge in [-0.05, 0) is 19.4 Å². The molecule has 0 N–H and O–H groups in total. The van der Waals surface area contributed by atoms with E-state index in [9.17, 15) is 4.79 Å². The summed E-state index contributed by atoms with van der Waals surface area (Å²) in [5.41, 5.74) is 0. The van der Waals surface area contributed by atoms with Crippen LogP contribution in [-0.2, 0) is 4.79 Å². The van der Waals surface area contributed by atoms with Gasteiger partial charge in [0.25, 0.3) is 0 Å². The van der Waals surface area contributed by atoms with Crippen molar-refractivity contribution in [1.29, 1.82) is 0 Å². The Labute approximate surface area is 75.9 Å². The molecule has 0 heterocycles. The van der Waals surface area contributed by atoms with Crippen molar-refractivity contribution in [2.24, 2.45) is 0 Å². The number of carbonyl (C=O) groups excluding carboxylic acids is 1. The molecule has 0 aliphatic rings. The van der Waals surface area contributed by atoms with Crippen LogP contribution >= 0.6 is 0 Å². The van der Waals surface area contributed by atoms with Gasteiger partial charge in [0.15, 0.2) is 5.78 Å². The number of unbranched alkanes of at least 4 members (excludes halogenated alkanes) is 4. The van der Waals surface area contributed by atoms with Crippen LogP contribution in [0.5, 0.6) is 0 Å². The fourth-order valence-electron chi connectivity index (χ4n) is 1.17. The summed E-state index contributed by atoms with van der Waals surface area (Å²) in [6.07, 6.45) is 10.3. The Morgan fingerprint density at radius 3 is 2.42 bits per heavy atom. The first-order chi connectivity index (χ1) is 5.81. The highest BCUT2D eigenvalue weighted by molar-refractivity contribution is 5.89. The lowest BCUT2D eigenvalue weighted by atomic mass is 10.1. The molecular formula is C11H20O. The molecule has 12 heavy (non-hydrogen) atoms. The minimum Gasteiger partial charge on any atom is -0.295 e. The molecule has 70 valence electrons. The van der Waals surface area contributed by atoms with Gasteiger partial charge < -0.3 is 0 Å². The minimum absolute atomic E-state index is 0.272. The van der Waals surface area contributed by atoms with Gasteiger partial charge in [0.2, 0.25) is 0 Å². The molecule has 0 amide bonds. The zero-order chi connectivity index (χ0) is 9.23. The van der Waals surface area contributed by atoms with E-state index in [-0.39, 0.29) is 5.78 Å². The van der Waals surface area contributed by atoms with E-state index in [2.05, 4.69) is 6.92 Å². The minimum atomic E-state index is 0.272. The SMILES string of the molecule is C/C=C\C(=O)CCCCCCC. The van der Waals surface area contributed by atoms with Gasteiger partial charge in [0.1, 0.15) is 0 Å². The fraction of sp³-hybridized carbons (Fsp3) is 0.727. The van der Waals surface area contributed by atoms with Gasteiger partial charge in [-0.2, -0.15) is 0 Å². The Bertz CT molecular complexity index is 136. The summed E-state index contributed by atoms with van der Waals surface area (Å²) in [5.74, 6) is 0.272. The first-order valence-corrected chi connectivity index (χ1v) is 4.96. The lowest BCUT2D eigenvalue weighted by molar-refractivity contribution is -0.114. The molecule has 0 aromatic rings. The molecule has 1 heteroatoms. The van der Waals surface area contributed by atoms with Crippen molar-refractivity contribution in [1.82, 2.24) is 0 Å². The van der Waals surface area contributed by atoms with E-state index in [4.69, 9.17) is 0 Å². The molecule has 0 spiro atoms. The number of hydrogen-bond donors (Lipinski definition) is 0. The molecule has 0 rings (SSSR count). The molecule has 1 nitrogen and oxygen atoms in total. The second-order valence-corrected chi connectivity index (χ2v) is 3.13. The van der Waals surface area contributed by atoms with E-state index in [0.717, 1.165) is 12.8 Å². The third kappa shape index (κ3) is 7.52. The molecule has 0 atom stereocenters.